The maximum atomic E-state index is 4.86. The number of fused-ring (bicyclic) bond motifs is 1. The van der Waals surface area contributed by atoms with E-state index in [1.54, 1.807) is 0 Å². The Bertz CT molecular complexity index is 908. The zero-order valence-electron chi connectivity index (χ0n) is 15.5. The van der Waals surface area contributed by atoms with Gasteiger partial charge in [0.2, 0.25) is 0 Å². The SMILES string of the molecule is Cc1cnccc1N1CCCN(Cc2nc3ccccc3nc2C)CC1. The van der Waals surface area contributed by atoms with E-state index in [0.717, 1.165) is 61.6 Å². The number of aromatic nitrogens is 3. The van der Waals surface area contributed by atoms with E-state index in [-0.39, 0.29) is 0 Å². The molecule has 1 saturated heterocycles. The lowest BCUT2D eigenvalue weighted by molar-refractivity contribution is 0.281. The molecular weight excluding hydrogens is 322 g/mol. The molecule has 0 amide bonds. The van der Waals surface area contributed by atoms with Gasteiger partial charge in [-0.05, 0) is 44.0 Å². The summed E-state index contributed by atoms with van der Waals surface area (Å²) >= 11 is 0. The summed E-state index contributed by atoms with van der Waals surface area (Å²) in [7, 11) is 0. The number of anilines is 1. The average molecular weight is 347 g/mol. The van der Waals surface area contributed by atoms with Gasteiger partial charge in [0.25, 0.3) is 0 Å². The van der Waals surface area contributed by atoms with Crippen molar-refractivity contribution in [1.82, 2.24) is 19.9 Å². The fourth-order valence-corrected chi connectivity index (χ4v) is 3.68. The molecule has 3 heterocycles. The van der Waals surface area contributed by atoms with Crippen LogP contribution in [0.2, 0.25) is 0 Å². The molecule has 5 heteroatoms. The molecule has 4 rings (SSSR count). The van der Waals surface area contributed by atoms with Crippen molar-refractivity contribution in [3.05, 3.63) is 59.7 Å². The molecule has 134 valence electrons. The van der Waals surface area contributed by atoms with E-state index < -0.39 is 0 Å². The van der Waals surface area contributed by atoms with Gasteiger partial charge >= 0.3 is 0 Å². The van der Waals surface area contributed by atoms with Crippen LogP contribution >= 0.6 is 0 Å². The summed E-state index contributed by atoms with van der Waals surface area (Å²) < 4.78 is 0. The lowest BCUT2D eigenvalue weighted by Crippen LogP contribution is -2.31. The van der Waals surface area contributed by atoms with Crippen molar-refractivity contribution in [2.45, 2.75) is 26.8 Å². The smallest absolute Gasteiger partial charge is 0.0890 e. The highest BCUT2D eigenvalue weighted by atomic mass is 15.2. The molecule has 2 aromatic heterocycles. The lowest BCUT2D eigenvalue weighted by atomic mass is 10.2. The third-order valence-corrected chi connectivity index (χ3v) is 5.14. The van der Waals surface area contributed by atoms with Gasteiger partial charge in [0.05, 0.1) is 22.4 Å². The van der Waals surface area contributed by atoms with Crippen LogP contribution < -0.4 is 4.90 Å². The maximum absolute atomic E-state index is 4.86. The van der Waals surface area contributed by atoms with Gasteiger partial charge in [0.15, 0.2) is 0 Å². The lowest BCUT2D eigenvalue weighted by Gasteiger charge is -2.25. The molecule has 26 heavy (non-hydrogen) atoms. The standard InChI is InChI=1S/C21H25N5/c1-16-14-22-9-8-21(16)26-11-5-10-25(12-13-26)15-20-17(2)23-18-6-3-4-7-19(18)24-20/h3-4,6-9,14H,5,10-13,15H2,1-2H3. The third kappa shape index (κ3) is 3.53. The molecule has 0 saturated carbocycles. The summed E-state index contributed by atoms with van der Waals surface area (Å²) in [5.74, 6) is 0. The minimum absolute atomic E-state index is 0.868. The number of para-hydroxylation sites is 2. The van der Waals surface area contributed by atoms with Crippen molar-refractivity contribution in [2.75, 3.05) is 31.1 Å². The molecule has 1 aliphatic heterocycles. The monoisotopic (exact) mass is 347 g/mol. The van der Waals surface area contributed by atoms with Gasteiger partial charge in [0, 0.05) is 50.8 Å². The minimum atomic E-state index is 0.868. The van der Waals surface area contributed by atoms with Crippen LogP contribution in [0, 0.1) is 13.8 Å². The average Bonchev–Trinajstić information content (AvgIpc) is 2.88. The van der Waals surface area contributed by atoms with E-state index in [4.69, 9.17) is 9.97 Å². The van der Waals surface area contributed by atoms with Gasteiger partial charge < -0.3 is 4.90 Å². The first kappa shape index (κ1) is 16.9. The quantitative estimate of drug-likeness (QED) is 0.727. The Morgan fingerprint density at radius 2 is 1.73 bits per heavy atom. The van der Waals surface area contributed by atoms with Crippen LogP contribution in [0.25, 0.3) is 11.0 Å². The van der Waals surface area contributed by atoms with Gasteiger partial charge in [-0.1, -0.05) is 12.1 Å². The van der Waals surface area contributed by atoms with Crippen LogP contribution in [0.15, 0.2) is 42.7 Å². The van der Waals surface area contributed by atoms with E-state index >= 15 is 0 Å². The van der Waals surface area contributed by atoms with Crippen molar-refractivity contribution in [1.29, 1.82) is 0 Å². The molecule has 3 aromatic rings. The summed E-state index contributed by atoms with van der Waals surface area (Å²) in [4.78, 5) is 18.8. The number of hydrogen-bond acceptors (Lipinski definition) is 5. The number of rotatable bonds is 3. The number of pyridine rings is 1. The van der Waals surface area contributed by atoms with Crippen LogP contribution in [0.1, 0.15) is 23.4 Å². The normalized spacial score (nSPS) is 16.0. The number of hydrogen-bond donors (Lipinski definition) is 0. The highest BCUT2D eigenvalue weighted by Gasteiger charge is 2.18. The molecule has 0 N–H and O–H groups in total. The second kappa shape index (κ2) is 7.38. The Labute approximate surface area is 154 Å². The van der Waals surface area contributed by atoms with Crippen LogP contribution in [-0.2, 0) is 6.54 Å². The molecule has 0 spiro atoms. The molecule has 0 aliphatic carbocycles. The topological polar surface area (TPSA) is 45.2 Å². The van der Waals surface area contributed by atoms with E-state index in [2.05, 4.69) is 34.7 Å². The predicted octanol–water partition coefficient (Wildman–Crippen LogP) is 3.35. The maximum Gasteiger partial charge on any atom is 0.0890 e. The van der Waals surface area contributed by atoms with Crippen molar-refractivity contribution < 1.29 is 0 Å². The fraction of sp³-hybridized carbons (Fsp3) is 0.381. The first-order valence-electron chi connectivity index (χ1n) is 9.31. The second-order valence-electron chi connectivity index (χ2n) is 7.02. The van der Waals surface area contributed by atoms with E-state index in [9.17, 15) is 0 Å². The number of benzene rings is 1. The predicted molar refractivity (Wildman–Crippen MR) is 105 cm³/mol. The Balaban J connectivity index is 1.48. The summed E-state index contributed by atoms with van der Waals surface area (Å²) in [6.45, 7) is 9.32. The van der Waals surface area contributed by atoms with Crippen LogP contribution in [0.5, 0.6) is 0 Å². The van der Waals surface area contributed by atoms with Crippen molar-refractivity contribution >= 4 is 16.7 Å². The molecule has 0 bridgehead atoms. The Kier molecular flexibility index (Phi) is 4.80. The van der Waals surface area contributed by atoms with Crippen LogP contribution in [0.3, 0.4) is 0 Å². The van der Waals surface area contributed by atoms with Crippen molar-refractivity contribution in [3.63, 3.8) is 0 Å². The summed E-state index contributed by atoms with van der Waals surface area (Å²) in [6.07, 6.45) is 4.99. The molecule has 1 aromatic carbocycles. The second-order valence-corrected chi connectivity index (χ2v) is 7.02. The summed E-state index contributed by atoms with van der Waals surface area (Å²) in [6, 6.07) is 10.2. The highest BCUT2D eigenvalue weighted by Crippen LogP contribution is 2.21. The van der Waals surface area contributed by atoms with Gasteiger partial charge in [-0.2, -0.15) is 0 Å². The molecule has 1 aliphatic rings. The van der Waals surface area contributed by atoms with Crippen molar-refractivity contribution in [2.24, 2.45) is 0 Å². The molecule has 0 atom stereocenters. The molecule has 0 unspecified atom stereocenters. The highest BCUT2D eigenvalue weighted by molar-refractivity contribution is 5.74. The first-order valence-corrected chi connectivity index (χ1v) is 9.31. The Morgan fingerprint density at radius 1 is 0.923 bits per heavy atom. The molecule has 5 nitrogen and oxygen atoms in total. The largest absolute Gasteiger partial charge is 0.370 e. The molecule has 0 radical (unpaired) electrons. The number of aryl methyl sites for hydroxylation is 2. The third-order valence-electron chi connectivity index (χ3n) is 5.14. The molecular formula is C21H25N5. The van der Waals surface area contributed by atoms with Gasteiger partial charge in [-0.15, -0.1) is 0 Å². The van der Waals surface area contributed by atoms with E-state index in [1.165, 1.54) is 11.3 Å². The first-order chi connectivity index (χ1) is 12.7. The Morgan fingerprint density at radius 3 is 2.54 bits per heavy atom. The summed E-state index contributed by atoms with van der Waals surface area (Å²) in [5.41, 5.74) is 6.65. The Hall–Kier alpha value is -2.53. The molecule has 1 fully saturated rings. The van der Waals surface area contributed by atoms with Crippen molar-refractivity contribution in [3.8, 4) is 0 Å². The zero-order valence-corrected chi connectivity index (χ0v) is 15.5. The van der Waals surface area contributed by atoms with E-state index in [1.807, 2.05) is 36.7 Å². The fourth-order valence-electron chi connectivity index (χ4n) is 3.68. The van der Waals surface area contributed by atoms with E-state index in [0.29, 0.717) is 0 Å². The minimum Gasteiger partial charge on any atom is -0.370 e. The van der Waals surface area contributed by atoms with Gasteiger partial charge in [-0.25, -0.2) is 9.97 Å². The van der Waals surface area contributed by atoms with Gasteiger partial charge in [-0.3, -0.25) is 9.88 Å². The van der Waals surface area contributed by atoms with Crippen LogP contribution in [-0.4, -0.2) is 46.0 Å². The van der Waals surface area contributed by atoms with Crippen LogP contribution in [0.4, 0.5) is 5.69 Å². The van der Waals surface area contributed by atoms with Gasteiger partial charge in [0.1, 0.15) is 0 Å². The summed E-state index contributed by atoms with van der Waals surface area (Å²) in [5, 5.41) is 0. The zero-order chi connectivity index (χ0) is 17.9. The number of nitrogens with zero attached hydrogens (tertiary/aromatic N) is 5.